The van der Waals surface area contributed by atoms with Crippen molar-refractivity contribution in [1.29, 1.82) is 5.26 Å². The number of thiazole rings is 1. The number of benzene rings is 2. The van der Waals surface area contributed by atoms with E-state index >= 15 is 0 Å². The molecule has 0 saturated carbocycles. The van der Waals surface area contributed by atoms with Gasteiger partial charge in [-0.25, -0.2) is 4.98 Å². The van der Waals surface area contributed by atoms with E-state index < -0.39 is 4.92 Å². The molecular formula is C18H11ClN4O2S. The Balaban J connectivity index is 1.81. The predicted molar refractivity (Wildman–Crippen MR) is 103 cm³/mol. The number of non-ortho nitro benzene ring substituents is 1. The molecule has 2 aromatic carbocycles. The van der Waals surface area contributed by atoms with Crippen LogP contribution in [-0.2, 0) is 0 Å². The highest BCUT2D eigenvalue weighted by molar-refractivity contribution is 7.11. The van der Waals surface area contributed by atoms with Crippen molar-refractivity contribution in [2.75, 3.05) is 5.32 Å². The van der Waals surface area contributed by atoms with Crippen LogP contribution >= 0.6 is 22.9 Å². The molecule has 0 aliphatic carbocycles. The molecule has 0 saturated heterocycles. The number of rotatable bonds is 5. The van der Waals surface area contributed by atoms with Crippen LogP contribution in [0.1, 0.15) is 5.01 Å². The molecule has 1 aromatic heterocycles. The maximum Gasteiger partial charge on any atom is 0.269 e. The van der Waals surface area contributed by atoms with E-state index in [1.165, 1.54) is 23.5 Å². The van der Waals surface area contributed by atoms with Crippen molar-refractivity contribution in [3.8, 4) is 17.3 Å². The molecule has 0 aliphatic heterocycles. The molecule has 0 aliphatic rings. The first-order valence-electron chi connectivity index (χ1n) is 7.40. The second-order valence-corrected chi connectivity index (χ2v) is 6.46. The molecular weight excluding hydrogens is 372 g/mol. The maximum absolute atomic E-state index is 10.7. The monoisotopic (exact) mass is 382 g/mol. The molecule has 0 bridgehead atoms. The Morgan fingerprint density at radius 1 is 1.31 bits per heavy atom. The number of nitrogens with one attached hydrogen (secondary N) is 1. The average molecular weight is 383 g/mol. The summed E-state index contributed by atoms with van der Waals surface area (Å²) in [6.07, 6.45) is 1.57. The molecule has 3 rings (SSSR count). The van der Waals surface area contributed by atoms with Gasteiger partial charge in [-0.3, -0.25) is 10.1 Å². The number of aromatic nitrogens is 1. The van der Waals surface area contributed by atoms with Crippen LogP contribution in [-0.4, -0.2) is 9.91 Å². The van der Waals surface area contributed by atoms with E-state index in [1.54, 1.807) is 41.9 Å². The zero-order valence-electron chi connectivity index (χ0n) is 13.2. The molecule has 0 spiro atoms. The van der Waals surface area contributed by atoms with Crippen LogP contribution in [0, 0.1) is 21.4 Å². The van der Waals surface area contributed by atoms with Crippen LogP contribution in [0.5, 0.6) is 0 Å². The van der Waals surface area contributed by atoms with Gasteiger partial charge in [0.1, 0.15) is 16.6 Å². The SMILES string of the molecule is N#C/C(=C/Nc1cccc(Cl)c1)c1nc(-c2ccc([N+](=O)[O-])cc2)cs1. The Bertz CT molecular complexity index is 1020. The fourth-order valence-corrected chi connectivity index (χ4v) is 3.14. The summed E-state index contributed by atoms with van der Waals surface area (Å²) in [5.41, 5.74) is 2.56. The number of halogens is 1. The van der Waals surface area contributed by atoms with E-state index in [1.807, 2.05) is 6.07 Å². The largest absolute Gasteiger partial charge is 0.360 e. The molecule has 26 heavy (non-hydrogen) atoms. The quantitative estimate of drug-likeness (QED) is 0.365. The summed E-state index contributed by atoms with van der Waals surface area (Å²) in [6, 6.07) is 15.4. The summed E-state index contributed by atoms with van der Waals surface area (Å²) >= 11 is 7.26. The molecule has 128 valence electrons. The minimum Gasteiger partial charge on any atom is -0.360 e. The lowest BCUT2D eigenvalue weighted by atomic mass is 10.1. The topological polar surface area (TPSA) is 91.8 Å². The zero-order valence-corrected chi connectivity index (χ0v) is 14.8. The highest BCUT2D eigenvalue weighted by Crippen LogP contribution is 2.27. The summed E-state index contributed by atoms with van der Waals surface area (Å²) in [5.74, 6) is 0. The maximum atomic E-state index is 10.7. The molecule has 0 amide bonds. The van der Waals surface area contributed by atoms with Gasteiger partial charge in [-0.1, -0.05) is 17.7 Å². The highest BCUT2D eigenvalue weighted by Gasteiger charge is 2.11. The molecule has 0 unspecified atom stereocenters. The number of nitro benzene ring substituents is 1. The standard InChI is InChI=1S/C18H11ClN4O2S/c19-14-2-1-3-15(8-14)21-10-13(9-20)18-22-17(11-26-18)12-4-6-16(7-5-12)23(24)25/h1-8,10-11,21H/b13-10-. The minimum absolute atomic E-state index is 0.0209. The zero-order chi connectivity index (χ0) is 18.5. The number of nitro groups is 1. The number of anilines is 1. The van der Waals surface area contributed by atoms with Crippen molar-refractivity contribution in [3.63, 3.8) is 0 Å². The highest BCUT2D eigenvalue weighted by atomic mass is 35.5. The lowest BCUT2D eigenvalue weighted by molar-refractivity contribution is -0.384. The van der Waals surface area contributed by atoms with E-state index in [4.69, 9.17) is 11.6 Å². The first kappa shape index (κ1) is 17.6. The van der Waals surface area contributed by atoms with Gasteiger partial charge in [-0.15, -0.1) is 11.3 Å². The third-order valence-electron chi connectivity index (χ3n) is 3.44. The van der Waals surface area contributed by atoms with E-state index in [9.17, 15) is 15.4 Å². The number of allylic oxidation sites excluding steroid dienone is 1. The van der Waals surface area contributed by atoms with Gasteiger partial charge in [-0.05, 0) is 30.3 Å². The molecule has 0 radical (unpaired) electrons. The van der Waals surface area contributed by atoms with Crippen LogP contribution in [0.4, 0.5) is 11.4 Å². The summed E-state index contributed by atoms with van der Waals surface area (Å²) < 4.78 is 0. The van der Waals surface area contributed by atoms with Gasteiger partial charge >= 0.3 is 0 Å². The van der Waals surface area contributed by atoms with Crippen molar-refractivity contribution < 1.29 is 4.92 Å². The summed E-state index contributed by atoms with van der Waals surface area (Å²) in [6.45, 7) is 0. The molecule has 6 nitrogen and oxygen atoms in total. The molecule has 0 atom stereocenters. The van der Waals surface area contributed by atoms with E-state index in [-0.39, 0.29) is 5.69 Å². The Morgan fingerprint density at radius 3 is 2.73 bits per heavy atom. The smallest absolute Gasteiger partial charge is 0.269 e. The van der Waals surface area contributed by atoms with Crippen molar-refractivity contribution >= 4 is 39.9 Å². The number of nitriles is 1. The number of nitrogens with zero attached hydrogens (tertiary/aromatic N) is 3. The van der Waals surface area contributed by atoms with E-state index in [0.717, 1.165) is 11.3 Å². The van der Waals surface area contributed by atoms with Gasteiger partial charge in [0.15, 0.2) is 0 Å². The lowest BCUT2D eigenvalue weighted by Crippen LogP contribution is -1.91. The van der Waals surface area contributed by atoms with Crippen molar-refractivity contribution in [1.82, 2.24) is 4.98 Å². The Kier molecular flexibility index (Phi) is 5.27. The van der Waals surface area contributed by atoms with Gasteiger partial charge in [0.05, 0.1) is 10.6 Å². The van der Waals surface area contributed by atoms with Crippen LogP contribution in [0.15, 0.2) is 60.1 Å². The third-order valence-corrected chi connectivity index (χ3v) is 4.55. The Labute approximate surface area is 158 Å². The van der Waals surface area contributed by atoms with E-state index in [2.05, 4.69) is 16.4 Å². The summed E-state index contributed by atoms with van der Waals surface area (Å²) in [7, 11) is 0. The lowest BCUT2D eigenvalue weighted by Gasteiger charge is -2.01. The van der Waals surface area contributed by atoms with Crippen LogP contribution in [0.25, 0.3) is 16.8 Å². The van der Waals surface area contributed by atoms with Crippen LogP contribution in [0.3, 0.4) is 0 Å². The fourth-order valence-electron chi connectivity index (χ4n) is 2.16. The average Bonchev–Trinajstić information content (AvgIpc) is 3.12. The first-order chi connectivity index (χ1) is 12.6. The van der Waals surface area contributed by atoms with Gasteiger partial charge in [0.2, 0.25) is 0 Å². The Morgan fingerprint density at radius 2 is 2.08 bits per heavy atom. The normalized spacial score (nSPS) is 11.0. The minimum atomic E-state index is -0.450. The molecule has 1 heterocycles. The van der Waals surface area contributed by atoms with Crippen LogP contribution < -0.4 is 5.32 Å². The van der Waals surface area contributed by atoms with Crippen molar-refractivity contribution in [3.05, 3.63) is 80.3 Å². The molecule has 8 heteroatoms. The molecule has 1 N–H and O–H groups in total. The predicted octanol–water partition coefficient (Wildman–Crippen LogP) is 5.35. The number of hydrogen-bond donors (Lipinski definition) is 1. The second-order valence-electron chi connectivity index (χ2n) is 5.17. The summed E-state index contributed by atoms with van der Waals surface area (Å²) in [5, 5.41) is 26.1. The molecule has 3 aromatic rings. The first-order valence-corrected chi connectivity index (χ1v) is 8.65. The fraction of sp³-hybridized carbons (Fsp3) is 0. The van der Waals surface area contributed by atoms with Gasteiger partial charge < -0.3 is 5.32 Å². The van der Waals surface area contributed by atoms with Crippen molar-refractivity contribution in [2.24, 2.45) is 0 Å². The van der Waals surface area contributed by atoms with Crippen LogP contribution in [0.2, 0.25) is 5.02 Å². The van der Waals surface area contributed by atoms with Crippen molar-refractivity contribution in [2.45, 2.75) is 0 Å². The molecule has 0 fully saturated rings. The van der Waals surface area contributed by atoms with Gasteiger partial charge in [0, 0.05) is 40.0 Å². The van der Waals surface area contributed by atoms with Gasteiger partial charge in [0.25, 0.3) is 5.69 Å². The summed E-state index contributed by atoms with van der Waals surface area (Å²) in [4.78, 5) is 14.7. The number of hydrogen-bond acceptors (Lipinski definition) is 6. The van der Waals surface area contributed by atoms with Gasteiger partial charge in [-0.2, -0.15) is 5.26 Å². The van der Waals surface area contributed by atoms with E-state index in [0.29, 0.717) is 21.3 Å². The second kappa shape index (κ2) is 7.78. The Hall–Kier alpha value is -3.21. The third kappa shape index (κ3) is 4.06.